The van der Waals surface area contributed by atoms with Crippen molar-refractivity contribution in [3.63, 3.8) is 0 Å². The topological polar surface area (TPSA) is 81.1 Å². The van der Waals surface area contributed by atoms with Crippen molar-refractivity contribution < 1.29 is 0 Å². The molecule has 6 heteroatoms. The summed E-state index contributed by atoms with van der Waals surface area (Å²) >= 11 is 1.76. The first-order valence-electron chi connectivity index (χ1n) is 8.53. The Bertz CT molecular complexity index is 939. The average molecular weight is 363 g/mol. The molecular formula is C20H21N5S. The highest BCUT2D eigenvalue weighted by Gasteiger charge is 2.20. The van der Waals surface area contributed by atoms with Crippen molar-refractivity contribution >= 4 is 29.2 Å². The van der Waals surface area contributed by atoms with E-state index in [0.717, 1.165) is 18.5 Å². The summed E-state index contributed by atoms with van der Waals surface area (Å²) in [6.45, 7) is 1.66. The van der Waals surface area contributed by atoms with Crippen LogP contribution in [0, 0.1) is 0 Å². The van der Waals surface area contributed by atoms with Gasteiger partial charge in [-0.2, -0.15) is 4.98 Å². The molecule has 0 saturated heterocycles. The van der Waals surface area contributed by atoms with E-state index in [1.807, 2.05) is 0 Å². The lowest BCUT2D eigenvalue weighted by Crippen LogP contribution is -2.21. The second-order valence-electron chi connectivity index (χ2n) is 6.38. The zero-order valence-electron chi connectivity index (χ0n) is 14.6. The second-order valence-corrected chi connectivity index (χ2v) is 7.26. The zero-order chi connectivity index (χ0) is 18.1. The van der Waals surface area contributed by atoms with Gasteiger partial charge in [-0.3, -0.25) is 0 Å². The minimum Gasteiger partial charge on any atom is -0.383 e. The van der Waals surface area contributed by atoms with Crippen LogP contribution in [0.5, 0.6) is 0 Å². The molecule has 0 bridgehead atoms. The van der Waals surface area contributed by atoms with E-state index in [0.29, 0.717) is 12.4 Å². The van der Waals surface area contributed by atoms with Crippen LogP contribution in [-0.2, 0) is 13.0 Å². The van der Waals surface area contributed by atoms with Crippen LogP contribution in [0.4, 0.5) is 17.5 Å². The van der Waals surface area contributed by atoms with E-state index >= 15 is 0 Å². The van der Waals surface area contributed by atoms with Crippen molar-refractivity contribution in [1.82, 2.24) is 9.97 Å². The molecule has 0 atom stereocenters. The summed E-state index contributed by atoms with van der Waals surface area (Å²) in [7, 11) is 0. The van der Waals surface area contributed by atoms with E-state index in [9.17, 15) is 0 Å². The highest BCUT2D eigenvalue weighted by molar-refractivity contribution is 7.98. The molecule has 26 heavy (non-hydrogen) atoms. The van der Waals surface area contributed by atoms with Gasteiger partial charge >= 0.3 is 0 Å². The normalized spacial score (nSPS) is 13.0. The van der Waals surface area contributed by atoms with Crippen LogP contribution in [0.2, 0.25) is 0 Å². The maximum Gasteiger partial charge on any atom is 0.221 e. The third kappa shape index (κ3) is 3.20. The molecule has 3 aromatic rings. The van der Waals surface area contributed by atoms with E-state index in [1.165, 1.54) is 27.3 Å². The van der Waals surface area contributed by atoms with Gasteiger partial charge in [0.15, 0.2) is 0 Å². The van der Waals surface area contributed by atoms with Crippen molar-refractivity contribution in [3.05, 3.63) is 59.8 Å². The van der Waals surface area contributed by atoms with E-state index < -0.39 is 0 Å². The molecule has 0 spiro atoms. The van der Waals surface area contributed by atoms with Crippen LogP contribution >= 0.6 is 11.8 Å². The van der Waals surface area contributed by atoms with E-state index in [-0.39, 0.29) is 5.95 Å². The van der Waals surface area contributed by atoms with Crippen LogP contribution in [0.1, 0.15) is 11.1 Å². The van der Waals surface area contributed by atoms with Gasteiger partial charge in [-0.05, 0) is 53.6 Å². The molecule has 0 fully saturated rings. The SMILES string of the molecule is CSc1ccc(-c2ccc3c(c2)CCN3Cc2cnc(N)nc2N)cc1. The predicted octanol–water partition coefficient (Wildman–Crippen LogP) is 3.59. The number of nitrogens with two attached hydrogens (primary N) is 2. The first-order valence-corrected chi connectivity index (χ1v) is 9.75. The summed E-state index contributed by atoms with van der Waals surface area (Å²) in [6.07, 6.45) is 4.84. The van der Waals surface area contributed by atoms with Crippen LogP contribution < -0.4 is 16.4 Å². The fourth-order valence-corrected chi connectivity index (χ4v) is 3.77. The quantitative estimate of drug-likeness (QED) is 0.690. The number of hydrogen-bond acceptors (Lipinski definition) is 6. The van der Waals surface area contributed by atoms with Crippen LogP contribution in [0.3, 0.4) is 0 Å². The second kappa shape index (κ2) is 6.88. The molecule has 2 heterocycles. The Morgan fingerprint density at radius 2 is 1.85 bits per heavy atom. The first-order chi connectivity index (χ1) is 12.6. The zero-order valence-corrected chi connectivity index (χ0v) is 15.5. The third-order valence-corrected chi connectivity index (χ3v) is 5.52. The van der Waals surface area contributed by atoms with Gasteiger partial charge < -0.3 is 16.4 Å². The lowest BCUT2D eigenvalue weighted by atomic mass is 10.0. The molecule has 1 aliphatic heterocycles. The Morgan fingerprint density at radius 3 is 2.58 bits per heavy atom. The molecule has 1 aliphatic rings. The third-order valence-electron chi connectivity index (χ3n) is 4.77. The minimum atomic E-state index is 0.213. The Hall–Kier alpha value is -2.73. The largest absolute Gasteiger partial charge is 0.383 e. The monoisotopic (exact) mass is 363 g/mol. The molecule has 0 radical (unpaired) electrons. The van der Waals surface area contributed by atoms with E-state index in [2.05, 4.69) is 63.6 Å². The van der Waals surface area contributed by atoms with Crippen molar-refractivity contribution in [1.29, 1.82) is 0 Å². The van der Waals surface area contributed by atoms with Gasteiger partial charge in [-0.15, -0.1) is 11.8 Å². The van der Waals surface area contributed by atoms with Crippen LogP contribution in [0.15, 0.2) is 53.6 Å². The van der Waals surface area contributed by atoms with Gasteiger partial charge in [0.2, 0.25) is 5.95 Å². The number of rotatable bonds is 4. The number of aromatic nitrogens is 2. The Labute approximate surface area is 157 Å². The number of thioether (sulfide) groups is 1. The molecule has 132 valence electrons. The van der Waals surface area contributed by atoms with Crippen molar-refractivity contribution in [2.24, 2.45) is 0 Å². The highest BCUT2D eigenvalue weighted by atomic mass is 32.2. The van der Waals surface area contributed by atoms with E-state index in [4.69, 9.17) is 11.5 Å². The average Bonchev–Trinajstić information content (AvgIpc) is 3.06. The molecule has 5 nitrogen and oxygen atoms in total. The summed E-state index contributed by atoms with van der Waals surface area (Å²) in [5, 5.41) is 0. The smallest absolute Gasteiger partial charge is 0.221 e. The van der Waals surface area contributed by atoms with Crippen molar-refractivity contribution in [2.45, 2.75) is 17.9 Å². The molecule has 0 unspecified atom stereocenters. The van der Waals surface area contributed by atoms with Gasteiger partial charge in [0.25, 0.3) is 0 Å². The molecule has 0 saturated carbocycles. The van der Waals surface area contributed by atoms with Crippen LogP contribution in [0.25, 0.3) is 11.1 Å². The maximum atomic E-state index is 5.98. The molecule has 1 aromatic heterocycles. The van der Waals surface area contributed by atoms with Gasteiger partial charge in [0.05, 0.1) is 0 Å². The van der Waals surface area contributed by atoms with Gasteiger partial charge in [-0.25, -0.2) is 4.98 Å². The summed E-state index contributed by atoms with van der Waals surface area (Å²) in [5.41, 5.74) is 17.6. The summed E-state index contributed by atoms with van der Waals surface area (Å²) in [4.78, 5) is 11.7. The number of nitrogens with zero attached hydrogens (tertiary/aromatic N) is 3. The minimum absolute atomic E-state index is 0.213. The lowest BCUT2D eigenvalue weighted by Gasteiger charge is -2.20. The number of anilines is 3. The summed E-state index contributed by atoms with van der Waals surface area (Å²) in [5.74, 6) is 0.668. The Morgan fingerprint density at radius 1 is 1.08 bits per heavy atom. The lowest BCUT2D eigenvalue weighted by molar-refractivity contribution is 0.830. The molecule has 4 rings (SSSR count). The maximum absolute atomic E-state index is 5.98. The van der Waals surface area contributed by atoms with Crippen molar-refractivity contribution in [2.75, 3.05) is 29.2 Å². The fourth-order valence-electron chi connectivity index (χ4n) is 3.36. The number of nitrogen functional groups attached to an aromatic ring is 2. The van der Waals surface area contributed by atoms with Crippen molar-refractivity contribution in [3.8, 4) is 11.1 Å². The first kappa shape index (κ1) is 16.7. The van der Waals surface area contributed by atoms with Gasteiger partial charge in [0.1, 0.15) is 5.82 Å². The predicted molar refractivity (Wildman–Crippen MR) is 109 cm³/mol. The number of benzene rings is 2. The number of hydrogen-bond donors (Lipinski definition) is 2. The van der Waals surface area contributed by atoms with Crippen LogP contribution in [-0.4, -0.2) is 22.8 Å². The fraction of sp³-hybridized carbons (Fsp3) is 0.200. The molecule has 4 N–H and O–H groups in total. The Balaban J connectivity index is 1.57. The highest BCUT2D eigenvalue weighted by Crippen LogP contribution is 2.34. The molecular weight excluding hydrogens is 342 g/mol. The van der Waals surface area contributed by atoms with Gasteiger partial charge in [-0.1, -0.05) is 18.2 Å². The number of fused-ring (bicyclic) bond motifs is 1. The standard InChI is InChI=1S/C20H21N5S/c1-26-17-5-2-13(3-6-17)14-4-7-18-15(10-14)8-9-25(18)12-16-11-23-20(22)24-19(16)21/h2-7,10-11H,8-9,12H2,1H3,(H4,21,22,23,24). The molecule has 0 aliphatic carbocycles. The summed E-state index contributed by atoms with van der Waals surface area (Å²) < 4.78 is 0. The summed E-state index contributed by atoms with van der Waals surface area (Å²) in [6, 6.07) is 15.4. The molecule has 2 aromatic carbocycles. The van der Waals surface area contributed by atoms with Gasteiger partial charge in [0, 0.05) is 35.4 Å². The molecule has 0 amide bonds. The van der Waals surface area contributed by atoms with E-state index in [1.54, 1.807) is 18.0 Å². The Kier molecular flexibility index (Phi) is 4.42.